The van der Waals surface area contributed by atoms with Gasteiger partial charge in [-0.25, -0.2) is 0 Å². The lowest BCUT2D eigenvalue weighted by Gasteiger charge is -2.22. The van der Waals surface area contributed by atoms with Gasteiger partial charge in [-0.15, -0.1) is 0 Å². The van der Waals surface area contributed by atoms with Gasteiger partial charge in [0.2, 0.25) is 0 Å². The van der Waals surface area contributed by atoms with Gasteiger partial charge in [-0.2, -0.15) is 0 Å². The molecule has 0 radical (unpaired) electrons. The molecule has 0 unspecified atom stereocenters. The van der Waals surface area contributed by atoms with Gasteiger partial charge in [0.25, 0.3) is 0 Å². The summed E-state index contributed by atoms with van der Waals surface area (Å²) in [5, 5.41) is 0.990. The Labute approximate surface area is 131 Å². The first-order valence-electron chi connectivity index (χ1n) is 6.35. The van der Waals surface area contributed by atoms with Crippen molar-refractivity contribution in [3.8, 4) is 0 Å². The Morgan fingerprint density at radius 2 is 1.53 bits per heavy atom. The number of nitrogens with zero attached hydrogens (tertiary/aromatic N) is 1. The third-order valence-corrected chi connectivity index (χ3v) is 4.13. The van der Waals surface area contributed by atoms with Crippen LogP contribution in [0.15, 0.2) is 59.1 Å². The molecule has 2 aromatic carbocycles. The van der Waals surface area contributed by atoms with Crippen LogP contribution in [-0.2, 0) is 13.1 Å². The molecular formula is C16H17Br2N. The Hall–Kier alpha value is -0.640. The maximum atomic E-state index is 3.62. The number of hydrogen-bond acceptors (Lipinski definition) is 1. The van der Waals surface area contributed by atoms with Crippen molar-refractivity contribution in [2.24, 2.45) is 0 Å². The van der Waals surface area contributed by atoms with Gasteiger partial charge in [0, 0.05) is 29.4 Å². The average molecular weight is 383 g/mol. The van der Waals surface area contributed by atoms with E-state index in [-0.39, 0.29) is 0 Å². The summed E-state index contributed by atoms with van der Waals surface area (Å²) in [5.74, 6) is 0. The van der Waals surface area contributed by atoms with Crippen LogP contribution in [0.4, 0.5) is 0 Å². The number of hydrogen-bond donors (Lipinski definition) is 0. The molecule has 0 fully saturated rings. The maximum absolute atomic E-state index is 3.62. The highest BCUT2D eigenvalue weighted by molar-refractivity contribution is 9.10. The van der Waals surface area contributed by atoms with Crippen molar-refractivity contribution in [3.63, 3.8) is 0 Å². The minimum Gasteiger partial charge on any atom is -0.294 e. The first kappa shape index (κ1) is 14.8. The van der Waals surface area contributed by atoms with Crippen LogP contribution in [0.5, 0.6) is 0 Å². The minimum absolute atomic E-state index is 0.960. The lowest BCUT2D eigenvalue weighted by Crippen LogP contribution is -2.25. The number of halogens is 2. The smallest absolute Gasteiger partial charge is 0.0248 e. The molecule has 0 saturated heterocycles. The number of alkyl halides is 1. The average Bonchev–Trinajstić information content (AvgIpc) is 2.43. The molecule has 100 valence electrons. The van der Waals surface area contributed by atoms with Crippen LogP contribution in [-0.4, -0.2) is 16.8 Å². The summed E-state index contributed by atoms with van der Waals surface area (Å²) >= 11 is 7.16. The summed E-state index contributed by atoms with van der Waals surface area (Å²) in [4.78, 5) is 2.45. The van der Waals surface area contributed by atoms with Gasteiger partial charge in [-0.3, -0.25) is 4.90 Å². The molecule has 0 spiro atoms. The van der Waals surface area contributed by atoms with Crippen LogP contribution in [0, 0.1) is 0 Å². The Morgan fingerprint density at radius 3 is 2.21 bits per heavy atom. The van der Waals surface area contributed by atoms with Crippen LogP contribution in [0.1, 0.15) is 11.1 Å². The van der Waals surface area contributed by atoms with Crippen molar-refractivity contribution in [2.75, 3.05) is 11.9 Å². The lowest BCUT2D eigenvalue weighted by atomic mass is 10.1. The molecule has 0 N–H and O–H groups in total. The summed E-state index contributed by atoms with van der Waals surface area (Å²) in [6.07, 6.45) is 0. The van der Waals surface area contributed by atoms with Gasteiger partial charge in [0.05, 0.1) is 0 Å². The predicted octanol–water partition coefficient (Wildman–Crippen LogP) is 4.85. The molecule has 1 nitrogen and oxygen atoms in total. The first-order chi connectivity index (χ1) is 9.29. The van der Waals surface area contributed by atoms with E-state index >= 15 is 0 Å². The zero-order chi connectivity index (χ0) is 13.5. The van der Waals surface area contributed by atoms with Crippen molar-refractivity contribution >= 4 is 31.9 Å². The molecule has 2 aromatic rings. The fraction of sp³-hybridized carbons (Fsp3) is 0.250. The van der Waals surface area contributed by atoms with Gasteiger partial charge >= 0.3 is 0 Å². The summed E-state index contributed by atoms with van der Waals surface area (Å²) in [6, 6.07) is 19.0. The van der Waals surface area contributed by atoms with E-state index in [9.17, 15) is 0 Å². The highest BCUT2D eigenvalue weighted by atomic mass is 79.9. The van der Waals surface area contributed by atoms with Gasteiger partial charge < -0.3 is 0 Å². The van der Waals surface area contributed by atoms with Crippen LogP contribution >= 0.6 is 31.9 Å². The number of benzene rings is 2. The molecule has 2 rings (SSSR count). The van der Waals surface area contributed by atoms with Crippen LogP contribution < -0.4 is 0 Å². The fourth-order valence-corrected chi connectivity index (χ4v) is 2.95. The maximum Gasteiger partial charge on any atom is 0.0248 e. The third kappa shape index (κ3) is 4.75. The van der Waals surface area contributed by atoms with E-state index < -0.39 is 0 Å². The summed E-state index contributed by atoms with van der Waals surface area (Å²) in [6.45, 7) is 2.98. The molecule has 0 aromatic heterocycles. The minimum atomic E-state index is 0.960. The zero-order valence-corrected chi connectivity index (χ0v) is 13.9. The van der Waals surface area contributed by atoms with E-state index in [1.165, 1.54) is 15.6 Å². The first-order valence-corrected chi connectivity index (χ1v) is 8.26. The molecule has 19 heavy (non-hydrogen) atoms. The highest BCUT2D eigenvalue weighted by Gasteiger charge is 2.08. The Balaban J connectivity index is 2.06. The standard InChI is InChI=1S/C16H17Br2N/c17-10-11-19(12-14-6-2-1-3-7-14)13-15-8-4-5-9-16(15)18/h1-9H,10-13H2. The molecule has 0 heterocycles. The molecule has 0 aliphatic rings. The predicted molar refractivity (Wildman–Crippen MR) is 88.5 cm³/mol. The molecule has 0 bridgehead atoms. The number of rotatable bonds is 6. The van der Waals surface area contributed by atoms with E-state index in [1.54, 1.807) is 0 Å². The Kier molecular flexibility index (Phi) is 6.08. The second-order valence-electron chi connectivity index (χ2n) is 4.48. The van der Waals surface area contributed by atoms with E-state index in [1.807, 2.05) is 0 Å². The zero-order valence-electron chi connectivity index (χ0n) is 10.7. The van der Waals surface area contributed by atoms with Crippen molar-refractivity contribution in [2.45, 2.75) is 13.1 Å². The highest BCUT2D eigenvalue weighted by Crippen LogP contribution is 2.19. The summed E-state index contributed by atoms with van der Waals surface area (Å²) < 4.78 is 1.18. The van der Waals surface area contributed by atoms with Crippen LogP contribution in [0.2, 0.25) is 0 Å². The quantitative estimate of drug-likeness (QED) is 0.645. The third-order valence-electron chi connectivity index (χ3n) is 3.00. The molecule has 0 aliphatic carbocycles. The SMILES string of the molecule is BrCCN(Cc1ccccc1)Cc1ccccc1Br. The largest absolute Gasteiger partial charge is 0.294 e. The van der Waals surface area contributed by atoms with E-state index in [0.29, 0.717) is 0 Å². The Morgan fingerprint density at radius 1 is 0.842 bits per heavy atom. The molecule has 3 heteroatoms. The second kappa shape index (κ2) is 7.83. The van der Waals surface area contributed by atoms with E-state index in [4.69, 9.17) is 0 Å². The normalized spacial score (nSPS) is 10.9. The Bertz CT molecular complexity index is 499. The van der Waals surface area contributed by atoms with Gasteiger partial charge in [0.15, 0.2) is 0 Å². The fourth-order valence-electron chi connectivity index (χ4n) is 2.04. The van der Waals surface area contributed by atoms with Crippen molar-refractivity contribution < 1.29 is 0 Å². The molecule has 0 aliphatic heterocycles. The lowest BCUT2D eigenvalue weighted by molar-refractivity contribution is 0.274. The van der Waals surface area contributed by atoms with Crippen molar-refractivity contribution in [3.05, 3.63) is 70.2 Å². The molecular weight excluding hydrogens is 366 g/mol. The van der Waals surface area contributed by atoms with Crippen molar-refractivity contribution in [1.82, 2.24) is 4.90 Å². The second-order valence-corrected chi connectivity index (χ2v) is 6.12. The van der Waals surface area contributed by atoms with Crippen LogP contribution in [0.25, 0.3) is 0 Å². The summed E-state index contributed by atoms with van der Waals surface area (Å²) in [7, 11) is 0. The van der Waals surface area contributed by atoms with Crippen LogP contribution in [0.3, 0.4) is 0 Å². The topological polar surface area (TPSA) is 3.24 Å². The van der Waals surface area contributed by atoms with E-state index in [2.05, 4.69) is 91.4 Å². The summed E-state index contributed by atoms with van der Waals surface area (Å²) in [5.41, 5.74) is 2.69. The van der Waals surface area contributed by atoms with Crippen molar-refractivity contribution in [1.29, 1.82) is 0 Å². The monoisotopic (exact) mass is 381 g/mol. The van der Waals surface area contributed by atoms with Gasteiger partial charge in [0.1, 0.15) is 0 Å². The molecule has 0 saturated carbocycles. The van der Waals surface area contributed by atoms with Gasteiger partial charge in [-0.05, 0) is 17.2 Å². The van der Waals surface area contributed by atoms with E-state index in [0.717, 1.165) is 25.0 Å². The van der Waals surface area contributed by atoms with Gasteiger partial charge in [-0.1, -0.05) is 80.4 Å². The molecule has 0 atom stereocenters. The molecule has 0 amide bonds.